The molecule has 0 saturated heterocycles. The lowest BCUT2D eigenvalue weighted by Gasteiger charge is -2.40. The van der Waals surface area contributed by atoms with E-state index in [0.29, 0.717) is 19.1 Å². The molecule has 3 unspecified atom stereocenters. The van der Waals surface area contributed by atoms with Gasteiger partial charge in [0.2, 0.25) is 5.76 Å². The average molecular weight is 517 g/mol. The van der Waals surface area contributed by atoms with Gasteiger partial charge in [-0.05, 0) is 83.5 Å². The van der Waals surface area contributed by atoms with Crippen LogP contribution in [0.3, 0.4) is 0 Å². The van der Waals surface area contributed by atoms with Gasteiger partial charge in [0.1, 0.15) is 18.5 Å². The van der Waals surface area contributed by atoms with Crippen molar-refractivity contribution in [1.82, 2.24) is 0 Å². The molecule has 0 radical (unpaired) electrons. The highest BCUT2D eigenvalue weighted by molar-refractivity contribution is 6.87. The number of allylic oxidation sites excluding steroid dienone is 1. The SMILES string of the molecule is C=CC(=O)OC1CCC(CC[Si](C)(O[Si](C)(C)C)O[Si](C)(C)C)CC1OC(=CC=O)C(=O)O. The lowest BCUT2D eigenvalue weighted by atomic mass is 9.83. The summed E-state index contributed by atoms with van der Waals surface area (Å²) in [6.45, 7) is 18.6. The Kier molecular flexibility index (Phi) is 10.9. The molecule has 11 heteroatoms. The smallest absolute Gasteiger partial charge is 0.371 e. The molecule has 0 aromatic carbocycles. The molecule has 0 spiro atoms. The van der Waals surface area contributed by atoms with Crippen LogP contribution in [-0.4, -0.2) is 60.7 Å². The Bertz CT molecular complexity index is 723. The van der Waals surface area contributed by atoms with Gasteiger partial charge in [0, 0.05) is 12.2 Å². The summed E-state index contributed by atoms with van der Waals surface area (Å²) < 4.78 is 24.3. The minimum Gasteiger partial charge on any atom is -0.479 e. The van der Waals surface area contributed by atoms with Gasteiger partial charge in [-0.2, -0.15) is 0 Å². The zero-order valence-electron chi connectivity index (χ0n) is 21.0. The second-order valence-electron chi connectivity index (χ2n) is 10.6. The van der Waals surface area contributed by atoms with Gasteiger partial charge in [-0.3, -0.25) is 4.79 Å². The maximum absolute atomic E-state index is 11.8. The van der Waals surface area contributed by atoms with Crippen molar-refractivity contribution < 1.29 is 37.2 Å². The van der Waals surface area contributed by atoms with Gasteiger partial charge in [0.15, 0.2) is 16.6 Å². The van der Waals surface area contributed by atoms with Gasteiger partial charge in [0.05, 0.1) is 0 Å². The molecule has 0 bridgehead atoms. The summed E-state index contributed by atoms with van der Waals surface area (Å²) >= 11 is 0. The Balaban J connectivity index is 2.99. The molecule has 1 fully saturated rings. The van der Waals surface area contributed by atoms with E-state index >= 15 is 0 Å². The maximum Gasteiger partial charge on any atom is 0.371 e. The molecule has 1 rings (SSSR count). The molecule has 0 aromatic heterocycles. The third-order valence-electron chi connectivity index (χ3n) is 5.03. The summed E-state index contributed by atoms with van der Waals surface area (Å²) in [4.78, 5) is 34.1. The topological polar surface area (TPSA) is 108 Å². The minimum absolute atomic E-state index is 0.224. The average Bonchev–Trinajstić information content (AvgIpc) is 2.64. The molecule has 3 atom stereocenters. The first kappa shape index (κ1) is 29.5. The van der Waals surface area contributed by atoms with Crippen LogP contribution in [0, 0.1) is 5.92 Å². The number of aliphatic carboxylic acids is 1. The normalized spacial score (nSPS) is 22.4. The van der Waals surface area contributed by atoms with Crippen molar-refractivity contribution in [2.45, 2.75) is 89.8 Å². The number of carbonyl (C=O) groups excluding carboxylic acids is 2. The number of esters is 1. The highest BCUT2D eigenvalue weighted by Crippen LogP contribution is 2.36. The standard InChI is InChI=1S/C22H40O8Si3/c1-9-21(24)28-18-11-10-17(16-20(18)27-19(12-14-23)22(25)26)13-15-33(8,29-31(2,3)4)30-32(5,6)7/h9,12,14,17-18,20H,1,10-11,13,15-16H2,2-8H3,(H,25,26). The summed E-state index contributed by atoms with van der Waals surface area (Å²) in [6, 6.07) is 0.825. The number of hydrogen-bond acceptors (Lipinski definition) is 7. The summed E-state index contributed by atoms with van der Waals surface area (Å²) in [6.07, 6.45) is 3.71. The van der Waals surface area contributed by atoms with E-state index in [2.05, 4.69) is 52.4 Å². The molecule has 1 saturated carbocycles. The van der Waals surface area contributed by atoms with E-state index in [0.717, 1.165) is 31.0 Å². The molecule has 1 aliphatic rings. The first-order valence-electron chi connectivity index (χ1n) is 11.4. The number of ether oxygens (including phenoxy) is 2. The number of carboxylic acids is 1. The highest BCUT2D eigenvalue weighted by Gasteiger charge is 2.42. The van der Waals surface area contributed by atoms with E-state index in [4.69, 9.17) is 17.7 Å². The third kappa shape index (κ3) is 11.4. The summed E-state index contributed by atoms with van der Waals surface area (Å²) in [5, 5.41) is 9.35. The summed E-state index contributed by atoms with van der Waals surface area (Å²) in [5.41, 5.74) is 0. The van der Waals surface area contributed by atoms with E-state index in [1.165, 1.54) is 0 Å². The minimum atomic E-state index is -2.41. The summed E-state index contributed by atoms with van der Waals surface area (Å²) in [7, 11) is -6.02. The van der Waals surface area contributed by atoms with Crippen molar-refractivity contribution in [2.24, 2.45) is 5.92 Å². The van der Waals surface area contributed by atoms with Crippen LogP contribution in [0.4, 0.5) is 0 Å². The molecule has 0 heterocycles. The monoisotopic (exact) mass is 516 g/mol. The zero-order chi connectivity index (χ0) is 25.4. The van der Waals surface area contributed by atoms with Gasteiger partial charge in [0.25, 0.3) is 0 Å². The van der Waals surface area contributed by atoms with E-state index in [-0.39, 0.29) is 5.92 Å². The Labute approximate surface area is 200 Å². The Morgan fingerprint density at radius 2 is 1.55 bits per heavy atom. The molecule has 1 aliphatic carbocycles. The number of carbonyl (C=O) groups is 3. The predicted molar refractivity (Wildman–Crippen MR) is 134 cm³/mol. The molecule has 1 N–H and O–H groups in total. The fraction of sp³-hybridized carbons (Fsp3) is 0.682. The Morgan fingerprint density at radius 1 is 0.970 bits per heavy atom. The fourth-order valence-corrected chi connectivity index (χ4v) is 16.8. The fourth-order valence-electron chi connectivity index (χ4n) is 4.17. The lowest BCUT2D eigenvalue weighted by molar-refractivity contribution is -0.156. The largest absolute Gasteiger partial charge is 0.479 e. The van der Waals surface area contributed by atoms with E-state index < -0.39 is 55.1 Å². The van der Waals surface area contributed by atoms with Gasteiger partial charge >= 0.3 is 20.5 Å². The third-order valence-corrected chi connectivity index (χ3v) is 14.6. The zero-order valence-corrected chi connectivity index (χ0v) is 24.0. The number of aldehydes is 1. The molecular weight excluding hydrogens is 476 g/mol. The van der Waals surface area contributed by atoms with Gasteiger partial charge in [-0.25, -0.2) is 9.59 Å². The van der Waals surface area contributed by atoms with Crippen molar-refractivity contribution in [3.05, 3.63) is 24.5 Å². The molecule has 0 aromatic rings. The second-order valence-corrected chi connectivity index (χ2v) is 23.4. The van der Waals surface area contributed by atoms with Crippen LogP contribution < -0.4 is 0 Å². The second kappa shape index (κ2) is 12.2. The molecule has 0 aliphatic heterocycles. The van der Waals surface area contributed by atoms with Crippen molar-refractivity contribution in [3.8, 4) is 0 Å². The Morgan fingerprint density at radius 3 is 2.00 bits per heavy atom. The van der Waals surface area contributed by atoms with E-state index in [1.807, 2.05) is 0 Å². The Hall–Kier alpha value is -1.54. The van der Waals surface area contributed by atoms with Crippen LogP contribution in [-0.2, 0) is 32.1 Å². The van der Waals surface area contributed by atoms with Crippen LogP contribution >= 0.6 is 0 Å². The van der Waals surface area contributed by atoms with E-state index in [9.17, 15) is 19.5 Å². The number of hydrogen-bond donors (Lipinski definition) is 1. The predicted octanol–water partition coefficient (Wildman–Crippen LogP) is 4.60. The molecule has 0 amide bonds. The van der Waals surface area contributed by atoms with Crippen LogP contribution in [0.15, 0.2) is 24.5 Å². The lowest BCUT2D eigenvalue weighted by Crippen LogP contribution is -2.52. The number of carboxylic acid groups (broad SMARTS) is 1. The summed E-state index contributed by atoms with van der Waals surface area (Å²) in [5.74, 6) is -2.17. The van der Waals surface area contributed by atoms with Gasteiger partial charge < -0.3 is 22.8 Å². The van der Waals surface area contributed by atoms with Crippen LogP contribution in [0.2, 0.25) is 51.9 Å². The van der Waals surface area contributed by atoms with Crippen molar-refractivity contribution in [3.63, 3.8) is 0 Å². The van der Waals surface area contributed by atoms with Crippen molar-refractivity contribution in [2.75, 3.05) is 0 Å². The van der Waals surface area contributed by atoms with Crippen molar-refractivity contribution in [1.29, 1.82) is 0 Å². The van der Waals surface area contributed by atoms with E-state index in [1.54, 1.807) is 0 Å². The van der Waals surface area contributed by atoms with Gasteiger partial charge in [-0.1, -0.05) is 6.58 Å². The van der Waals surface area contributed by atoms with Gasteiger partial charge in [-0.15, -0.1) is 0 Å². The number of rotatable bonds is 13. The van der Waals surface area contributed by atoms with Crippen LogP contribution in [0.5, 0.6) is 0 Å². The molecular formula is C22H40O8Si3. The molecule has 33 heavy (non-hydrogen) atoms. The highest BCUT2D eigenvalue weighted by atomic mass is 28.5. The quantitative estimate of drug-likeness (QED) is 0.124. The molecule has 188 valence electrons. The first-order chi connectivity index (χ1) is 15.1. The molecule has 8 nitrogen and oxygen atoms in total. The maximum atomic E-state index is 11.8. The van der Waals surface area contributed by atoms with Crippen LogP contribution in [0.25, 0.3) is 0 Å². The van der Waals surface area contributed by atoms with Crippen LogP contribution in [0.1, 0.15) is 25.7 Å². The van der Waals surface area contributed by atoms with Crippen molar-refractivity contribution >= 4 is 43.4 Å². The first-order valence-corrected chi connectivity index (χ1v) is 20.7.